The van der Waals surface area contributed by atoms with Crippen molar-refractivity contribution in [2.45, 2.75) is 20.3 Å². The van der Waals surface area contributed by atoms with E-state index in [9.17, 15) is 10.1 Å². The molecule has 0 saturated carbocycles. The van der Waals surface area contributed by atoms with Gasteiger partial charge in [0.15, 0.2) is 0 Å². The number of aromatic nitrogens is 2. The van der Waals surface area contributed by atoms with E-state index >= 15 is 0 Å². The minimum Gasteiger partial charge on any atom is -0.334 e. The fourth-order valence-corrected chi connectivity index (χ4v) is 2.01. The molecule has 0 atom stereocenters. The number of nitro groups is 1. The van der Waals surface area contributed by atoms with Crippen LogP contribution < -0.4 is 5.32 Å². The molecule has 20 heavy (non-hydrogen) atoms. The van der Waals surface area contributed by atoms with Crippen molar-refractivity contribution in [3.8, 4) is 0 Å². The van der Waals surface area contributed by atoms with Gasteiger partial charge in [0.25, 0.3) is 0 Å². The molecule has 1 N–H and O–H groups in total. The molecule has 0 bridgehead atoms. The van der Waals surface area contributed by atoms with Crippen LogP contribution in [0.25, 0.3) is 0 Å². The Labute approximate surface area is 121 Å². The van der Waals surface area contributed by atoms with E-state index in [-0.39, 0.29) is 22.5 Å². The molecule has 2 aromatic rings. The first-order valence-electron chi connectivity index (χ1n) is 6.05. The molecule has 104 valence electrons. The summed E-state index contributed by atoms with van der Waals surface area (Å²) in [7, 11) is 0. The Kier molecular flexibility index (Phi) is 4.14. The summed E-state index contributed by atoms with van der Waals surface area (Å²) in [6.45, 7) is 3.58. The molecule has 1 heterocycles. The van der Waals surface area contributed by atoms with Gasteiger partial charge in [-0.05, 0) is 42.6 Å². The quantitative estimate of drug-likeness (QED) is 0.528. The number of nitrogens with zero attached hydrogens (tertiary/aromatic N) is 3. The van der Waals surface area contributed by atoms with Crippen LogP contribution in [0.2, 0.25) is 5.28 Å². The highest BCUT2D eigenvalue weighted by molar-refractivity contribution is 6.28. The Morgan fingerprint density at radius 2 is 1.95 bits per heavy atom. The summed E-state index contributed by atoms with van der Waals surface area (Å²) in [4.78, 5) is 18.3. The topological polar surface area (TPSA) is 81.0 Å². The number of aryl methyl sites for hydroxylation is 2. The van der Waals surface area contributed by atoms with Crippen molar-refractivity contribution >= 4 is 28.8 Å². The summed E-state index contributed by atoms with van der Waals surface area (Å²) in [6, 6.07) is 7.58. The summed E-state index contributed by atoms with van der Waals surface area (Å²) in [5, 5.41) is 14.0. The molecule has 6 nitrogen and oxygen atoms in total. The molecular formula is C13H13ClN4O2. The normalized spacial score (nSPS) is 10.3. The minimum absolute atomic E-state index is 0.0271. The number of nitrogens with one attached hydrogen (secondary N) is 1. The van der Waals surface area contributed by atoms with E-state index in [1.165, 1.54) is 12.5 Å². The van der Waals surface area contributed by atoms with Crippen molar-refractivity contribution in [1.82, 2.24) is 9.97 Å². The van der Waals surface area contributed by atoms with Crippen LogP contribution in [0.3, 0.4) is 0 Å². The van der Waals surface area contributed by atoms with Gasteiger partial charge in [-0.25, -0.2) is 4.98 Å². The molecule has 0 aliphatic carbocycles. The van der Waals surface area contributed by atoms with Crippen molar-refractivity contribution in [3.05, 3.63) is 50.9 Å². The number of anilines is 2. The first-order valence-corrected chi connectivity index (χ1v) is 6.43. The Hall–Kier alpha value is -2.21. The maximum atomic E-state index is 11.1. The van der Waals surface area contributed by atoms with E-state index in [1.807, 2.05) is 24.3 Å². The van der Waals surface area contributed by atoms with Crippen LogP contribution >= 0.6 is 11.6 Å². The van der Waals surface area contributed by atoms with Crippen LogP contribution in [0.5, 0.6) is 0 Å². The molecule has 0 amide bonds. The van der Waals surface area contributed by atoms with Gasteiger partial charge in [-0.15, -0.1) is 0 Å². The zero-order valence-corrected chi connectivity index (χ0v) is 11.8. The van der Waals surface area contributed by atoms with Crippen molar-refractivity contribution in [2.75, 3.05) is 5.32 Å². The molecule has 1 aromatic carbocycles. The van der Waals surface area contributed by atoms with E-state index in [0.29, 0.717) is 5.69 Å². The van der Waals surface area contributed by atoms with Crippen LogP contribution in [-0.4, -0.2) is 14.9 Å². The lowest BCUT2D eigenvalue weighted by molar-refractivity contribution is -0.385. The van der Waals surface area contributed by atoms with Crippen LogP contribution in [0.1, 0.15) is 18.2 Å². The summed E-state index contributed by atoms with van der Waals surface area (Å²) in [5.74, 6) is 0.0942. The average Bonchev–Trinajstić information content (AvgIpc) is 2.38. The van der Waals surface area contributed by atoms with E-state index in [1.54, 1.807) is 0 Å². The molecule has 0 saturated heterocycles. The molecule has 2 rings (SSSR count). The van der Waals surface area contributed by atoms with Gasteiger partial charge in [0.1, 0.15) is 5.69 Å². The molecule has 0 aliphatic rings. The van der Waals surface area contributed by atoms with Gasteiger partial charge in [0.05, 0.1) is 4.92 Å². The molecule has 0 fully saturated rings. The predicted octanol–water partition coefficient (Wildman–Crippen LogP) is 3.65. The molecule has 0 unspecified atom stereocenters. The fraction of sp³-hybridized carbons (Fsp3) is 0.231. The highest BCUT2D eigenvalue weighted by Crippen LogP contribution is 2.29. The van der Waals surface area contributed by atoms with Gasteiger partial charge >= 0.3 is 5.69 Å². The summed E-state index contributed by atoms with van der Waals surface area (Å²) in [5.41, 5.74) is 1.94. The van der Waals surface area contributed by atoms with E-state index < -0.39 is 4.92 Å². The monoisotopic (exact) mass is 292 g/mol. The summed E-state index contributed by atoms with van der Waals surface area (Å²) in [6.07, 6.45) is 0.929. The van der Waals surface area contributed by atoms with Gasteiger partial charge in [-0.2, -0.15) is 4.98 Å². The molecule has 0 aliphatic heterocycles. The van der Waals surface area contributed by atoms with Crippen molar-refractivity contribution < 1.29 is 4.92 Å². The number of hydrogen-bond acceptors (Lipinski definition) is 5. The summed E-state index contributed by atoms with van der Waals surface area (Å²) < 4.78 is 0. The highest BCUT2D eigenvalue weighted by Gasteiger charge is 2.21. The molecule has 7 heteroatoms. The van der Waals surface area contributed by atoms with Crippen LogP contribution in [0, 0.1) is 17.0 Å². The van der Waals surface area contributed by atoms with Crippen molar-refractivity contribution in [2.24, 2.45) is 0 Å². The molecular weight excluding hydrogens is 280 g/mol. The van der Waals surface area contributed by atoms with Gasteiger partial charge < -0.3 is 5.32 Å². The van der Waals surface area contributed by atoms with Gasteiger partial charge in [0.2, 0.25) is 11.1 Å². The molecule has 0 radical (unpaired) electrons. The average molecular weight is 293 g/mol. The van der Waals surface area contributed by atoms with Crippen LogP contribution in [-0.2, 0) is 6.42 Å². The zero-order chi connectivity index (χ0) is 14.7. The zero-order valence-electron chi connectivity index (χ0n) is 11.1. The van der Waals surface area contributed by atoms with Crippen molar-refractivity contribution in [1.29, 1.82) is 0 Å². The Bertz CT molecular complexity index is 644. The Morgan fingerprint density at radius 1 is 1.30 bits per heavy atom. The largest absolute Gasteiger partial charge is 0.334 e. The van der Waals surface area contributed by atoms with Gasteiger partial charge in [0, 0.05) is 5.69 Å². The second-order valence-corrected chi connectivity index (χ2v) is 4.55. The number of rotatable bonds is 4. The van der Waals surface area contributed by atoms with Gasteiger partial charge in [-0.1, -0.05) is 19.1 Å². The van der Waals surface area contributed by atoms with E-state index in [0.717, 1.165) is 6.42 Å². The molecule has 0 spiro atoms. The second kappa shape index (κ2) is 5.83. The number of benzene rings is 1. The van der Waals surface area contributed by atoms with Crippen molar-refractivity contribution in [3.63, 3.8) is 0 Å². The fourth-order valence-electron chi connectivity index (χ4n) is 1.80. The third-order valence-corrected chi connectivity index (χ3v) is 3.01. The standard InChI is InChI=1S/C13H13ClN4O2/c1-3-9-4-6-10(7-5-9)16-12-11(18(19)20)8(2)15-13(14)17-12/h4-7H,3H2,1-2H3,(H,15,16,17). The lowest BCUT2D eigenvalue weighted by Crippen LogP contribution is -2.04. The summed E-state index contributed by atoms with van der Waals surface area (Å²) >= 11 is 5.76. The predicted molar refractivity (Wildman–Crippen MR) is 77.5 cm³/mol. The molecule has 1 aromatic heterocycles. The van der Waals surface area contributed by atoms with E-state index in [2.05, 4.69) is 22.2 Å². The smallest absolute Gasteiger partial charge is 0.332 e. The first-order chi connectivity index (χ1) is 9.51. The Balaban J connectivity index is 2.39. The van der Waals surface area contributed by atoms with Crippen LogP contribution in [0.15, 0.2) is 24.3 Å². The maximum absolute atomic E-state index is 11.1. The number of halogens is 1. The van der Waals surface area contributed by atoms with Crippen LogP contribution in [0.4, 0.5) is 17.2 Å². The third kappa shape index (κ3) is 3.03. The SMILES string of the molecule is CCc1ccc(Nc2nc(Cl)nc(C)c2[N+](=O)[O-])cc1. The minimum atomic E-state index is -0.519. The second-order valence-electron chi connectivity index (χ2n) is 4.21. The van der Waals surface area contributed by atoms with Gasteiger partial charge in [-0.3, -0.25) is 10.1 Å². The number of hydrogen-bond donors (Lipinski definition) is 1. The van der Waals surface area contributed by atoms with E-state index in [4.69, 9.17) is 11.6 Å². The maximum Gasteiger partial charge on any atom is 0.332 e. The third-order valence-electron chi connectivity index (χ3n) is 2.84. The highest BCUT2D eigenvalue weighted by atomic mass is 35.5. The lowest BCUT2D eigenvalue weighted by atomic mass is 10.1. The first kappa shape index (κ1) is 14.2. The Morgan fingerprint density at radius 3 is 2.50 bits per heavy atom. The lowest BCUT2D eigenvalue weighted by Gasteiger charge is -2.08.